The van der Waals surface area contributed by atoms with E-state index in [1.807, 2.05) is 6.07 Å². The van der Waals surface area contributed by atoms with Gasteiger partial charge in [-0.1, -0.05) is 11.6 Å². The Kier molecular flexibility index (Phi) is 3.74. The number of nitrogens with zero attached hydrogens (tertiary/aromatic N) is 3. The van der Waals surface area contributed by atoms with Gasteiger partial charge in [-0.3, -0.25) is 9.48 Å². The van der Waals surface area contributed by atoms with Crippen LogP contribution in [0.4, 0.5) is 5.82 Å². The van der Waals surface area contributed by atoms with Crippen LogP contribution in [0.2, 0.25) is 5.02 Å². The summed E-state index contributed by atoms with van der Waals surface area (Å²) >= 11 is 5.70. The molecule has 2 heterocycles. The lowest BCUT2D eigenvalue weighted by Gasteiger charge is -2.00. The molecular formula is C12H11ClN4O. The van der Waals surface area contributed by atoms with Crippen molar-refractivity contribution in [3.05, 3.63) is 47.4 Å². The maximum absolute atomic E-state index is 11.6. The fourth-order valence-corrected chi connectivity index (χ4v) is 1.44. The van der Waals surface area contributed by atoms with Crippen LogP contribution in [0.15, 0.2) is 36.7 Å². The monoisotopic (exact) mass is 262 g/mol. The average molecular weight is 263 g/mol. The first kappa shape index (κ1) is 12.3. The first-order valence-electron chi connectivity index (χ1n) is 5.24. The van der Waals surface area contributed by atoms with Gasteiger partial charge in [0.25, 0.3) is 0 Å². The number of carbonyl (C=O) groups is 1. The molecule has 0 saturated carbocycles. The lowest BCUT2D eigenvalue weighted by Crippen LogP contribution is -2.09. The highest BCUT2D eigenvalue weighted by Gasteiger charge is 1.99. The molecule has 1 amide bonds. The third-order valence-corrected chi connectivity index (χ3v) is 2.47. The zero-order valence-corrected chi connectivity index (χ0v) is 10.4. The van der Waals surface area contributed by atoms with Gasteiger partial charge in [0.05, 0.1) is 10.7 Å². The van der Waals surface area contributed by atoms with E-state index in [9.17, 15) is 4.79 Å². The number of anilines is 1. The fraction of sp³-hybridized carbons (Fsp3) is 0.0833. The topological polar surface area (TPSA) is 59.8 Å². The number of aryl methyl sites for hydroxylation is 1. The minimum Gasteiger partial charge on any atom is -0.307 e. The summed E-state index contributed by atoms with van der Waals surface area (Å²) in [5, 5.41) is 7.15. The quantitative estimate of drug-likeness (QED) is 0.862. The third-order valence-electron chi connectivity index (χ3n) is 2.24. The van der Waals surface area contributed by atoms with E-state index in [0.717, 1.165) is 5.69 Å². The largest absolute Gasteiger partial charge is 0.307 e. The van der Waals surface area contributed by atoms with Gasteiger partial charge in [0, 0.05) is 25.5 Å². The maximum Gasteiger partial charge on any atom is 0.249 e. The van der Waals surface area contributed by atoms with Gasteiger partial charge in [-0.2, -0.15) is 5.10 Å². The Balaban J connectivity index is 1.99. The van der Waals surface area contributed by atoms with Gasteiger partial charge < -0.3 is 5.32 Å². The van der Waals surface area contributed by atoms with Crippen LogP contribution in [-0.2, 0) is 11.8 Å². The summed E-state index contributed by atoms with van der Waals surface area (Å²) in [5.74, 6) is 0.199. The Labute approximate surface area is 109 Å². The average Bonchev–Trinajstić information content (AvgIpc) is 2.75. The van der Waals surface area contributed by atoms with Crippen LogP contribution >= 0.6 is 11.6 Å². The lowest BCUT2D eigenvalue weighted by atomic mass is 10.3. The van der Waals surface area contributed by atoms with Gasteiger partial charge >= 0.3 is 0 Å². The number of carbonyl (C=O) groups excluding carboxylic acids is 1. The molecule has 2 aromatic rings. The first-order valence-corrected chi connectivity index (χ1v) is 5.61. The summed E-state index contributed by atoms with van der Waals surface area (Å²) in [5.41, 5.74) is 0.842. The Morgan fingerprint density at radius 1 is 1.44 bits per heavy atom. The minimum atomic E-state index is -0.258. The smallest absolute Gasteiger partial charge is 0.249 e. The molecule has 2 aromatic heterocycles. The van der Waals surface area contributed by atoms with Crippen LogP contribution in [0.3, 0.4) is 0 Å². The van der Waals surface area contributed by atoms with Crippen LogP contribution < -0.4 is 5.32 Å². The Hall–Kier alpha value is -2.14. The molecular weight excluding hydrogens is 252 g/mol. The number of nitrogens with one attached hydrogen (secondary N) is 1. The molecule has 0 radical (unpaired) electrons. The molecule has 0 aromatic carbocycles. The van der Waals surface area contributed by atoms with E-state index in [-0.39, 0.29) is 5.91 Å². The van der Waals surface area contributed by atoms with Crippen LogP contribution in [0, 0.1) is 0 Å². The molecule has 18 heavy (non-hydrogen) atoms. The number of rotatable bonds is 3. The highest BCUT2D eigenvalue weighted by atomic mass is 35.5. The summed E-state index contributed by atoms with van der Waals surface area (Å²) in [7, 11) is 1.80. The number of hydrogen-bond donors (Lipinski definition) is 1. The van der Waals surface area contributed by atoms with Gasteiger partial charge in [-0.05, 0) is 24.3 Å². The van der Waals surface area contributed by atoms with Crippen molar-refractivity contribution in [1.29, 1.82) is 0 Å². The maximum atomic E-state index is 11.6. The standard InChI is InChI=1S/C12H11ClN4O/c1-17-10(6-7-15-17)3-5-12(18)16-11-4-2-9(13)8-14-11/h2-8H,1H3,(H,14,16,18). The third kappa shape index (κ3) is 3.18. The molecule has 2 rings (SSSR count). The Morgan fingerprint density at radius 2 is 2.28 bits per heavy atom. The predicted octanol–water partition coefficient (Wildman–Crippen LogP) is 2.12. The SMILES string of the molecule is Cn1nccc1C=CC(=O)Nc1ccc(Cl)cn1. The molecule has 0 aliphatic rings. The van der Waals surface area contributed by atoms with E-state index in [1.165, 1.54) is 12.3 Å². The number of halogens is 1. The Bertz CT molecular complexity index is 574. The molecule has 0 fully saturated rings. The van der Waals surface area contributed by atoms with Crippen molar-refractivity contribution in [2.45, 2.75) is 0 Å². The number of pyridine rings is 1. The molecule has 0 spiro atoms. The van der Waals surface area contributed by atoms with Gasteiger partial charge in [0.1, 0.15) is 5.82 Å². The van der Waals surface area contributed by atoms with E-state index >= 15 is 0 Å². The number of amides is 1. The highest BCUT2D eigenvalue weighted by molar-refractivity contribution is 6.30. The summed E-state index contributed by atoms with van der Waals surface area (Å²) in [6.07, 6.45) is 6.24. The zero-order chi connectivity index (χ0) is 13.0. The van der Waals surface area contributed by atoms with Gasteiger partial charge in [0.2, 0.25) is 5.91 Å². The van der Waals surface area contributed by atoms with Crippen molar-refractivity contribution < 1.29 is 4.79 Å². The molecule has 0 atom stereocenters. The predicted molar refractivity (Wildman–Crippen MR) is 70.1 cm³/mol. The molecule has 92 valence electrons. The van der Waals surface area contributed by atoms with E-state index in [1.54, 1.807) is 36.1 Å². The van der Waals surface area contributed by atoms with Crippen molar-refractivity contribution in [2.75, 3.05) is 5.32 Å². The molecule has 5 nitrogen and oxygen atoms in total. The molecule has 0 bridgehead atoms. The molecule has 6 heteroatoms. The van der Waals surface area contributed by atoms with Crippen LogP contribution in [-0.4, -0.2) is 20.7 Å². The highest BCUT2D eigenvalue weighted by Crippen LogP contribution is 2.09. The van der Waals surface area contributed by atoms with Gasteiger partial charge in [-0.25, -0.2) is 4.98 Å². The second-order valence-electron chi connectivity index (χ2n) is 3.56. The zero-order valence-electron chi connectivity index (χ0n) is 9.67. The van der Waals surface area contributed by atoms with Crippen molar-refractivity contribution in [3.8, 4) is 0 Å². The number of aromatic nitrogens is 3. The molecule has 1 N–H and O–H groups in total. The van der Waals surface area contributed by atoms with Gasteiger partial charge in [-0.15, -0.1) is 0 Å². The van der Waals surface area contributed by atoms with Crippen LogP contribution in [0.25, 0.3) is 6.08 Å². The fourth-order valence-electron chi connectivity index (χ4n) is 1.33. The van der Waals surface area contributed by atoms with Crippen molar-refractivity contribution in [1.82, 2.24) is 14.8 Å². The molecule has 0 saturated heterocycles. The van der Waals surface area contributed by atoms with Gasteiger partial charge in [0.15, 0.2) is 0 Å². The van der Waals surface area contributed by atoms with E-state index < -0.39 is 0 Å². The molecule has 0 aliphatic heterocycles. The second kappa shape index (κ2) is 5.46. The van der Waals surface area contributed by atoms with Crippen molar-refractivity contribution in [2.24, 2.45) is 7.05 Å². The molecule has 0 unspecified atom stereocenters. The first-order chi connectivity index (χ1) is 8.65. The minimum absolute atomic E-state index is 0.258. The summed E-state index contributed by atoms with van der Waals surface area (Å²) < 4.78 is 1.67. The lowest BCUT2D eigenvalue weighted by molar-refractivity contribution is -0.111. The van der Waals surface area contributed by atoms with Crippen LogP contribution in [0.5, 0.6) is 0 Å². The normalized spacial score (nSPS) is 10.8. The second-order valence-corrected chi connectivity index (χ2v) is 4.00. The van der Waals surface area contributed by atoms with Crippen molar-refractivity contribution in [3.63, 3.8) is 0 Å². The van der Waals surface area contributed by atoms with E-state index in [0.29, 0.717) is 10.8 Å². The van der Waals surface area contributed by atoms with Crippen LogP contribution in [0.1, 0.15) is 5.69 Å². The van der Waals surface area contributed by atoms with E-state index in [4.69, 9.17) is 11.6 Å². The summed E-state index contributed by atoms with van der Waals surface area (Å²) in [6, 6.07) is 5.11. The summed E-state index contributed by atoms with van der Waals surface area (Å²) in [6.45, 7) is 0. The Morgan fingerprint density at radius 3 is 2.89 bits per heavy atom. The van der Waals surface area contributed by atoms with Crippen molar-refractivity contribution >= 4 is 29.4 Å². The van der Waals surface area contributed by atoms with E-state index in [2.05, 4.69) is 15.4 Å². The molecule has 0 aliphatic carbocycles. The number of hydrogen-bond acceptors (Lipinski definition) is 3. The summed E-state index contributed by atoms with van der Waals surface area (Å²) in [4.78, 5) is 15.6.